The lowest BCUT2D eigenvalue weighted by atomic mass is 9.79. The summed E-state index contributed by atoms with van der Waals surface area (Å²) in [6.07, 6.45) is 1.73. The van der Waals surface area contributed by atoms with E-state index in [0.29, 0.717) is 16.0 Å². The minimum absolute atomic E-state index is 0.396. The summed E-state index contributed by atoms with van der Waals surface area (Å²) in [6, 6.07) is 5.12. The second kappa shape index (κ2) is 3.07. The number of nitrogens with one attached hydrogen (secondary N) is 1. The van der Waals surface area contributed by atoms with Gasteiger partial charge in [-0.3, -0.25) is 0 Å². The highest BCUT2D eigenvalue weighted by Gasteiger charge is 2.16. The van der Waals surface area contributed by atoms with Crippen LogP contribution in [0.4, 0.5) is 0 Å². The van der Waals surface area contributed by atoms with Gasteiger partial charge in [-0.15, -0.1) is 0 Å². The molecule has 1 heterocycles. The highest BCUT2D eigenvalue weighted by Crippen LogP contribution is 2.16. The highest BCUT2D eigenvalue weighted by atomic mass is 35.5. The van der Waals surface area contributed by atoms with E-state index in [2.05, 4.69) is 4.98 Å². The Morgan fingerprint density at radius 3 is 2.77 bits per heavy atom. The van der Waals surface area contributed by atoms with Gasteiger partial charge in [-0.25, -0.2) is 0 Å². The fourth-order valence-electron chi connectivity index (χ4n) is 1.37. The van der Waals surface area contributed by atoms with Crippen LogP contribution in [-0.4, -0.2) is 22.2 Å². The van der Waals surface area contributed by atoms with Crippen LogP contribution in [-0.2, 0) is 0 Å². The number of fused-ring (bicyclic) bond motifs is 1. The second-order valence-electron chi connectivity index (χ2n) is 2.81. The molecule has 0 atom stereocenters. The highest BCUT2D eigenvalue weighted by molar-refractivity contribution is 6.62. The van der Waals surface area contributed by atoms with Gasteiger partial charge in [-0.1, -0.05) is 11.6 Å². The van der Waals surface area contributed by atoms with Crippen LogP contribution in [0.15, 0.2) is 24.4 Å². The van der Waals surface area contributed by atoms with E-state index in [1.807, 2.05) is 6.07 Å². The molecule has 3 nitrogen and oxygen atoms in total. The Balaban J connectivity index is 2.77. The number of halogens is 1. The summed E-state index contributed by atoms with van der Waals surface area (Å²) >= 11 is 5.79. The van der Waals surface area contributed by atoms with Gasteiger partial charge in [0.05, 0.1) is 0 Å². The Kier molecular flexibility index (Phi) is 2.03. The number of aromatic nitrogens is 1. The number of H-pyrrole nitrogens is 1. The normalized spacial score (nSPS) is 10.7. The van der Waals surface area contributed by atoms with E-state index in [1.54, 1.807) is 12.3 Å². The molecule has 1 aromatic carbocycles. The van der Waals surface area contributed by atoms with Gasteiger partial charge in [-0.05, 0) is 18.2 Å². The molecule has 2 aromatic rings. The van der Waals surface area contributed by atoms with Crippen LogP contribution in [0.1, 0.15) is 0 Å². The van der Waals surface area contributed by atoms with Gasteiger partial charge in [-0.2, -0.15) is 0 Å². The molecule has 0 aliphatic heterocycles. The van der Waals surface area contributed by atoms with Gasteiger partial charge in [0.15, 0.2) is 0 Å². The van der Waals surface area contributed by atoms with Crippen LogP contribution >= 0.6 is 11.6 Å². The van der Waals surface area contributed by atoms with E-state index >= 15 is 0 Å². The molecule has 0 fully saturated rings. The molecule has 0 aliphatic carbocycles. The smallest absolute Gasteiger partial charge is 0.423 e. The van der Waals surface area contributed by atoms with E-state index in [4.69, 9.17) is 21.6 Å². The Labute approximate surface area is 80.1 Å². The first-order valence-corrected chi connectivity index (χ1v) is 4.19. The van der Waals surface area contributed by atoms with E-state index in [1.165, 1.54) is 6.07 Å². The van der Waals surface area contributed by atoms with Gasteiger partial charge in [0.2, 0.25) is 0 Å². The molecule has 5 heteroatoms. The molecule has 0 spiro atoms. The predicted octanol–water partition coefficient (Wildman–Crippen LogP) is 0.501. The Hall–Kier alpha value is -0.965. The molecule has 0 saturated heterocycles. The Bertz CT molecular complexity index is 441. The average molecular weight is 195 g/mol. The SMILES string of the molecule is OB(O)c1cc(Cl)cc2cc[nH]c12. The van der Waals surface area contributed by atoms with Gasteiger partial charge >= 0.3 is 7.12 Å². The second-order valence-corrected chi connectivity index (χ2v) is 3.25. The standard InChI is InChI=1S/C8H7BClNO2/c10-6-3-5-1-2-11-8(5)7(4-6)9(12)13/h1-4,11-13H. The molecule has 0 saturated carbocycles. The van der Waals surface area contributed by atoms with E-state index in [0.717, 1.165) is 5.39 Å². The average Bonchev–Trinajstić information content (AvgIpc) is 2.49. The summed E-state index contributed by atoms with van der Waals surface area (Å²) in [5.41, 5.74) is 1.10. The van der Waals surface area contributed by atoms with E-state index in [-0.39, 0.29) is 0 Å². The number of aromatic amines is 1. The zero-order chi connectivity index (χ0) is 9.42. The summed E-state index contributed by atoms with van der Waals surface area (Å²) in [5.74, 6) is 0. The molecule has 0 aliphatic rings. The maximum atomic E-state index is 9.04. The first-order chi connectivity index (χ1) is 6.18. The fraction of sp³-hybridized carbons (Fsp3) is 0. The maximum absolute atomic E-state index is 9.04. The van der Waals surface area contributed by atoms with Gasteiger partial charge in [0, 0.05) is 27.6 Å². The van der Waals surface area contributed by atoms with Crippen molar-refractivity contribution in [3.63, 3.8) is 0 Å². The van der Waals surface area contributed by atoms with E-state index < -0.39 is 7.12 Å². The Morgan fingerprint density at radius 2 is 2.08 bits per heavy atom. The van der Waals surface area contributed by atoms with Crippen molar-refractivity contribution < 1.29 is 10.0 Å². The van der Waals surface area contributed by atoms with Crippen molar-refractivity contribution in [1.29, 1.82) is 0 Å². The first kappa shape index (κ1) is 8.63. The third-order valence-electron chi connectivity index (χ3n) is 1.93. The molecule has 0 bridgehead atoms. The number of hydrogen-bond donors (Lipinski definition) is 3. The number of hydrogen-bond acceptors (Lipinski definition) is 2. The fourth-order valence-corrected chi connectivity index (χ4v) is 1.60. The van der Waals surface area contributed by atoms with Crippen LogP contribution in [0, 0.1) is 0 Å². The van der Waals surface area contributed by atoms with Crippen LogP contribution in [0.5, 0.6) is 0 Å². The molecule has 66 valence electrons. The molecule has 1 aromatic heterocycles. The molecule has 0 radical (unpaired) electrons. The lowest BCUT2D eigenvalue weighted by Crippen LogP contribution is -2.30. The van der Waals surface area contributed by atoms with E-state index in [9.17, 15) is 0 Å². The number of rotatable bonds is 1. The molecule has 3 N–H and O–H groups in total. The summed E-state index contributed by atoms with van der Waals surface area (Å²) in [7, 11) is -1.50. The minimum atomic E-state index is -1.50. The molecule has 0 unspecified atom stereocenters. The molecule has 2 rings (SSSR count). The number of benzene rings is 1. The van der Waals surface area contributed by atoms with Crippen LogP contribution in [0.2, 0.25) is 5.02 Å². The third kappa shape index (κ3) is 1.44. The molecular formula is C8H7BClNO2. The minimum Gasteiger partial charge on any atom is -0.423 e. The summed E-state index contributed by atoms with van der Waals surface area (Å²) < 4.78 is 0. The predicted molar refractivity (Wildman–Crippen MR) is 53.1 cm³/mol. The van der Waals surface area contributed by atoms with Gasteiger partial charge < -0.3 is 15.0 Å². The lowest BCUT2D eigenvalue weighted by Gasteiger charge is -2.02. The van der Waals surface area contributed by atoms with Crippen molar-refractivity contribution in [3.05, 3.63) is 29.4 Å². The first-order valence-electron chi connectivity index (χ1n) is 3.81. The topological polar surface area (TPSA) is 56.2 Å². The summed E-state index contributed by atoms with van der Waals surface area (Å²) in [5, 5.41) is 19.4. The quantitative estimate of drug-likeness (QED) is 0.581. The van der Waals surface area contributed by atoms with Gasteiger partial charge in [0.25, 0.3) is 0 Å². The van der Waals surface area contributed by atoms with Crippen LogP contribution in [0.3, 0.4) is 0 Å². The van der Waals surface area contributed by atoms with Crippen molar-refractivity contribution in [2.75, 3.05) is 0 Å². The molecular weight excluding hydrogens is 188 g/mol. The maximum Gasteiger partial charge on any atom is 0.490 e. The third-order valence-corrected chi connectivity index (χ3v) is 2.15. The van der Waals surface area contributed by atoms with Gasteiger partial charge in [0.1, 0.15) is 0 Å². The largest absolute Gasteiger partial charge is 0.490 e. The molecule has 13 heavy (non-hydrogen) atoms. The van der Waals surface area contributed by atoms with Crippen LogP contribution in [0.25, 0.3) is 10.9 Å². The summed E-state index contributed by atoms with van der Waals surface area (Å²) in [4.78, 5) is 2.92. The zero-order valence-electron chi connectivity index (χ0n) is 6.66. The van der Waals surface area contributed by atoms with Crippen LogP contribution < -0.4 is 5.46 Å². The summed E-state index contributed by atoms with van der Waals surface area (Å²) in [6.45, 7) is 0. The van der Waals surface area contributed by atoms with Crippen molar-refractivity contribution in [2.24, 2.45) is 0 Å². The molecule has 0 amide bonds. The monoisotopic (exact) mass is 195 g/mol. The zero-order valence-corrected chi connectivity index (χ0v) is 7.42. The van der Waals surface area contributed by atoms with Crippen molar-refractivity contribution in [2.45, 2.75) is 0 Å². The Morgan fingerprint density at radius 1 is 1.31 bits per heavy atom. The lowest BCUT2D eigenvalue weighted by molar-refractivity contribution is 0.426. The van der Waals surface area contributed by atoms with Crippen molar-refractivity contribution in [1.82, 2.24) is 4.98 Å². The van der Waals surface area contributed by atoms with Crippen molar-refractivity contribution >= 4 is 35.1 Å². The van der Waals surface area contributed by atoms with Crippen molar-refractivity contribution in [3.8, 4) is 0 Å².